The number of ether oxygens (including phenoxy) is 1. The Labute approximate surface area is 99.6 Å². The van der Waals surface area contributed by atoms with E-state index in [-0.39, 0.29) is 11.3 Å². The number of anilines is 1. The largest absolute Gasteiger partial charge is 0.481 e. The van der Waals surface area contributed by atoms with Crippen molar-refractivity contribution in [3.63, 3.8) is 0 Å². The van der Waals surface area contributed by atoms with Gasteiger partial charge in [0.25, 0.3) is 0 Å². The first-order valence-electron chi connectivity index (χ1n) is 5.83. The number of hydrogen-bond donors (Lipinski definition) is 2. The van der Waals surface area contributed by atoms with Crippen LogP contribution in [0.3, 0.4) is 0 Å². The monoisotopic (exact) mass is 233 g/mol. The Balaban J connectivity index is 2.10. The van der Waals surface area contributed by atoms with Crippen molar-refractivity contribution < 1.29 is 9.53 Å². The highest BCUT2D eigenvalue weighted by Gasteiger charge is 2.47. The smallest absolute Gasteiger partial charge is 0.235 e. The second-order valence-corrected chi connectivity index (χ2v) is 4.56. The molecule has 5 nitrogen and oxygen atoms in total. The van der Waals surface area contributed by atoms with E-state index in [1.807, 2.05) is 6.07 Å². The zero-order valence-electron chi connectivity index (χ0n) is 9.75. The summed E-state index contributed by atoms with van der Waals surface area (Å²) < 4.78 is 5.14. The molecule has 2 aliphatic rings. The molecular weight excluding hydrogens is 218 g/mol. The summed E-state index contributed by atoms with van der Waals surface area (Å²) in [6.07, 6.45) is 3.35. The van der Waals surface area contributed by atoms with Gasteiger partial charge in [-0.25, -0.2) is 4.98 Å². The van der Waals surface area contributed by atoms with E-state index in [0.717, 1.165) is 37.2 Å². The molecule has 2 N–H and O–H groups in total. The van der Waals surface area contributed by atoms with Gasteiger partial charge in [-0.05, 0) is 31.5 Å². The summed E-state index contributed by atoms with van der Waals surface area (Å²) in [6.45, 7) is 1.75. The number of aromatic nitrogens is 1. The first-order valence-corrected chi connectivity index (χ1v) is 5.83. The van der Waals surface area contributed by atoms with Gasteiger partial charge in [0.05, 0.1) is 24.4 Å². The Morgan fingerprint density at radius 1 is 1.41 bits per heavy atom. The minimum atomic E-state index is -0.378. The molecule has 3 rings (SSSR count). The molecule has 90 valence electrons. The van der Waals surface area contributed by atoms with Crippen LogP contribution >= 0.6 is 0 Å². The van der Waals surface area contributed by atoms with Gasteiger partial charge < -0.3 is 15.4 Å². The van der Waals surface area contributed by atoms with Crippen molar-refractivity contribution in [2.45, 2.75) is 18.3 Å². The summed E-state index contributed by atoms with van der Waals surface area (Å²) in [5.41, 5.74) is 1.49. The van der Waals surface area contributed by atoms with Gasteiger partial charge in [0.1, 0.15) is 0 Å². The zero-order valence-corrected chi connectivity index (χ0v) is 9.75. The molecule has 0 aliphatic carbocycles. The first kappa shape index (κ1) is 10.5. The third-order valence-corrected chi connectivity index (χ3v) is 3.74. The molecule has 0 atom stereocenters. The highest BCUT2D eigenvalue weighted by molar-refractivity contribution is 6.06. The molecule has 0 unspecified atom stereocenters. The van der Waals surface area contributed by atoms with Crippen LogP contribution in [0.15, 0.2) is 12.3 Å². The summed E-state index contributed by atoms with van der Waals surface area (Å²) in [4.78, 5) is 16.3. The highest BCUT2D eigenvalue weighted by atomic mass is 16.5. The maximum atomic E-state index is 12.2. The van der Waals surface area contributed by atoms with E-state index >= 15 is 0 Å². The molecule has 1 amide bonds. The summed E-state index contributed by atoms with van der Waals surface area (Å²) in [5.74, 6) is 0.669. The lowest BCUT2D eigenvalue weighted by Gasteiger charge is -2.31. The van der Waals surface area contributed by atoms with Gasteiger partial charge in [-0.15, -0.1) is 0 Å². The lowest BCUT2D eigenvalue weighted by atomic mass is 9.74. The molecule has 3 heterocycles. The van der Waals surface area contributed by atoms with E-state index in [9.17, 15) is 4.79 Å². The van der Waals surface area contributed by atoms with E-state index in [2.05, 4.69) is 15.6 Å². The molecule has 2 aliphatic heterocycles. The minimum Gasteiger partial charge on any atom is -0.481 e. The maximum Gasteiger partial charge on any atom is 0.235 e. The van der Waals surface area contributed by atoms with E-state index in [1.54, 1.807) is 13.3 Å². The zero-order chi connectivity index (χ0) is 11.9. The van der Waals surface area contributed by atoms with Crippen LogP contribution in [0.25, 0.3) is 0 Å². The van der Waals surface area contributed by atoms with Gasteiger partial charge in [0.2, 0.25) is 11.8 Å². The molecule has 1 aromatic rings. The Kier molecular flexibility index (Phi) is 2.29. The van der Waals surface area contributed by atoms with Crippen molar-refractivity contribution in [3.05, 3.63) is 17.8 Å². The predicted molar refractivity (Wildman–Crippen MR) is 63.2 cm³/mol. The minimum absolute atomic E-state index is 0.101. The molecule has 0 saturated carbocycles. The quantitative estimate of drug-likeness (QED) is 0.748. The van der Waals surface area contributed by atoms with Crippen LogP contribution in [0, 0.1) is 0 Å². The average Bonchev–Trinajstić information content (AvgIpc) is 2.63. The van der Waals surface area contributed by atoms with Crippen molar-refractivity contribution in [2.75, 3.05) is 25.5 Å². The topological polar surface area (TPSA) is 63.2 Å². The third-order valence-electron chi connectivity index (χ3n) is 3.74. The molecule has 5 heteroatoms. The highest BCUT2D eigenvalue weighted by Crippen LogP contribution is 2.44. The summed E-state index contributed by atoms with van der Waals surface area (Å²) in [7, 11) is 1.59. The number of carbonyl (C=O) groups excluding carboxylic acids is 1. The van der Waals surface area contributed by atoms with Gasteiger partial charge in [0, 0.05) is 6.07 Å². The van der Waals surface area contributed by atoms with Gasteiger partial charge in [0.15, 0.2) is 0 Å². The van der Waals surface area contributed by atoms with Crippen LogP contribution in [-0.4, -0.2) is 31.1 Å². The molecule has 0 aromatic carbocycles. The van der Waals surface area contributed by atoms with Crippen LogP contribution in [0.4, 0.5) is 5.69 Å². The third kappa shape index (κ3) is 1.42. The van der Waals surface area contributed by atoms with Crippen molar-refractivity contribution in [3.8, 4) is 5.88 Å². The van der Waals surface area contributed by atoms with Gasteiger partial charge >= 0.3 is 0 Å². The second-order valence-electron chi connectivity index (χ2n) is 4.56. The molecule has 1 saturated heterocycles. The Hall–Kier alpha value is -1.62. The maximum absolute atomic E-state index is 12.2. The molecule has 17 heavy (non-hydrogen) atoms. The van der Waals surface area contributed by atoms with E-state index in [4.69, 9.17) is 4.74 Å². The van der Waals surface area contributed by atoms with Crippen LogP contribution in [0.5, 0.6) is 5.88 Å². The molecule has 0 radical (unpaired) electrons. The van der Waals surface area contributed by atoms with Gasteiger partial charge in [-0.2, -0.15) is 0 Å². The fraction of sp³-hybridized carbons (Fsp3) is 0.500. The van der Waals surface area contributed by atoms with Crippen molar-refractivity contribution in [1.29, 1.82) is 0 Å². The van der Waals surface area contributed by atoms with Gasteiger partial charge in [-0.1, -0.05) is 0 Å². The lowest BCUT2D eigenvalue weighted by Crippen LogP contribution is -2.44. The molecule has 1 aromatic heterocycles. The van der Waals surface area contributed by atoms with Gasteiger partial charge in [-0.3, -0.25) is 4.79 Å². The van der Waals surface area contributed by atoms with Crippen molar-refractivity contribution in [2.24, 2.45) is 0 Å². The summed E-state index contributed by atoms with van der Waals surface area (Å²) in [6, 6.07) is 1.89. The van der Waals surface area contributed by atoms with Crippen LogP contribution < -0.4 is 15.4 Å². The first-order chi connectivity index (χ1) is 8.26. The molecule has 1 spiro atoms. The van der Waals surface area contributed by atoms with Crippen molar-refractivity contribution in [1.82, 2.24) is 10.3 Å². The van der Waals surface area contributed by atoms with Crippen LogP contribution in [0.1, 0.15) is 18.4 Å². The number of carbonyl (C=O) groups is 1. The van der Waals surface area contributed by atoms with Crippen molar-refractivity contribution >= 4 is 11.6 Å². The number of methoxy groups -OCH3 is 1. The lowest BCUT2D eigenvalue weighted by molar-refractivity contribution is -0.121. The molecule has 0 bridgehead atoms. The molecular formula is C12H15N3O2. The van der Waals surface area contributed by atoms with E-state index in [0.29, 0.717) is 5.88 Å². The standard InChI is InChI=1S/C12H15N3O2/c1-17-10-6-8-9(7-14-10)15-11(16)12(8)2-4-13-5-3-12/h6-7,13H,2-5H2,1H3,(H,15,16). The SMILES string of the molecule is COc1cc2c(cn1)NC(=O)C21CCNCC1. The number of piperidine rings is 1. The number of fused-ring (bicyclic) bond motifs is 2. The second kappa shape index (κ2) is 3.70. The fourth-order valence-corrected chi connectivity index (χ4v) is 2.76. The summed E-state index contributed by atoms with van der Waals surface area (Å²) in [5, 5.41) is 6.21. The number of nitrogens with one attached hydrogen (secondary N) is 2. The summed E-state index contributed by atoms with van der Waals surface area (Å²) >= 11 is 0. The Bertz CT molecular complexity index is 467. The number of nitrogens with zero attached hydrogens (tertiary/aromatic N) is 1. The number of amides is 1. The van der Waals surface area contributed by atoms with E-state index < -0.39 is 0 Å². The number of pyridine rings is 1. The Morgan fingerprint density at radius 3 is 2.88 bits per heavy atom. The fourth-order valence-electron chi connectivity index (χ4n) is 2.76. The average molecular weight is 233 g/mol. The number of hydrogen-bond acceptors (Lipinski definition) is 4. The normalized spacial score (nSPS) is 21.1. The molecule has 1 fully saturated rings. The van der Waals surface area contributed by atoms with E-state index in [1.165, 1.54) is 0 Å². The van der Waals surface area contributed by atoms with Crippen LogP contribution in [0.2, 0.25) is 0 Å². The Morgan fingerprint density at radius 2 is 2.18 bits per heavy atom. The number of rotatable bonds is 1. The predicted octanol–water partition coefficient (Wildman–Crippen LogP) is 0.663. The van der Waals surface area contributed by atoms with Crippen LogP contribution in [-0.2, 0) is 10.2 Å².